The highest BCUT2D eigenvalue weighted by Crippen LogP contribution is 2.44. The molecule has 0 amide bonds. The summed E-state index contributed by atoms with van der Waals surface area (Å²) >= 11 is 1.69. The molecule has 4 heteroatoms. The van der Waals surface area contributed by atoms with Crippen LogP contribution in [0.25, 0.3) is 0 Å². The third-order valence-electron chi connectivity index (χ3n) is 3.44. The molecule has 2 aliphatic rings. The van der Waals surface area contributed by atoms with E-state index in [1.807, 2.05) is 0 Å². The molecule has 1 heterocycles. The van der Waals surface area contributed by atoms with Gasteiger partial charge in [-0.1, -0.05) is 30.4 Å². The molecule has 3 unspecified atom stereocenters. The molecule has 1 fully saturated rings. The van der Waals surface area contributed by atoms with Gasteiger partial charge in [-0.25, -0.2) is 0 Å². The molecule has 1 aromatic rings. The first-order chi connectivity index (χ1) is 7.36. The standard InChI is InChI=1S/C11H15N3S/c1-2-10-13-14-11(15-10)12-9-6-7-4-3-5-8(7)9/h3,5,7-9H,2,4,6H2,1H3,(H,12,14). The van der Waals surface area contributed by atoms with Crippen LogP contribution in [0.2, 0.25) is 0 Å². The van der Waals surface area contributed by atoms with Gasteiger partial charge in [0.1, 0.15) is 5.01 Å². The van der Waals surface area contributed by atoms with Crippen LogP contribution in [0.3, 0.4) is 0 Å². The van der Waals surface area contributed by atoms with Crippen molar-refractivity contribution in [3.63, 3.8) is 0 Å². The lowest BCUT2D eigenvalue weighted by Crippen LogP contribution is -2.43. The maximum Gasteiger partial charge on any atom is 0.205 e. The number of rotatable bonds is 3. The van der Waals surface area contributed by atoms with E-state index < -0.39 is 0 Å². The second-order valence-electron chi connectivity index (χ2n) is 4.34. The lowest BCUT2D eigenvalue weighted by atomic mass is 9.71. The number of fused-ring (bicyclic) bond motifs is 1. The molecule has 3 rings (SSSR count). The molecule has 3 nitrogen and oxygen atoms in total. The molecule has 15 heavy (non-hydrogen) atoms. The molecule has 1 aromatic heterocycles. The third-order valence-corrected chi connectivity index (χ3v) is 4.44. The number of hydrogen-bond acceptors (Lipinski definition) is 4. The Labute approximate surface area is 93.6 Å². The first-order valence-electron chi connectivity index (χ1n) is 5.62. The molecule has 0 radical (unpaired) electrons. The summed E-state index contributed by atoms with van der Waals surface area (Å²) in [6.07, 6.45) is 8.22. The number of nitrogens with one attached hydrogen (secondary N) is 1. The number of nitrogens with zero attached hydrogens (tertiary/aromatic N) is 2. The van der Waals surface area contributed by atoms with E-state index in [0.717, 1.165) is 28.4 Å². The fourth-order valence-electron chi connectivity index (χ4n) is 2.50. The molecule has 0 aliphatic heterocycles. The van der Waals surface area contributed by atoms with Crippen molar-refractivity contribution in [3.05, 3.63) is 17.2 Å². The van der Waals surface area contributed by atoms with Crippen molar-refractivity contribution in [2.45, 2.75) is 32.2 Å². The minimum Gasteiger partial charge on any atom is -0.357 e. The van der Waals surface area contributed by atoms with Crippen molar-refractivity contribution in [1.29, 1.82) is 0 Å². The van der Waals surface area contributed by atoms with Crippen LogP contribution in [0.15, 0.2) is 12.2 Å². The average molecular weight is 221 g/mol. The third kappa shape index (κ3) is 1.57. The second-order valence-corrected chi connectivity index (χ2v) is 5.40. The van der Waals surface area contributed by atoms with Gasteiger partial charge in [-0.3, -0.25) is 0 Å². The number of hydrogen-bond donors (Lipinski definition) is 1. The molecule has 1 saturated carbocycles. The van der Waals surface area contributed by atoms with Gasteiger partial charge in [0.25, 0.3) is 0 Å². The van der Waals surface area contributed by atoms with Crippen LogP contribution in [0, 0.1) is 11.8 Å². The zero-order valence-electron chi connectivity index (χ0n) is 8.81. The number of allylic oxidation sites excluding steroid dienone is 1. The van der Waals surface area contributed by atoms with Crippen molar-refractivity contribution in [3.8, 4) is 0 Å². The summed E-state index contributed by atoms with van der Waals surface area (Å²) in [6, 6.07) is 0.603. The van der Waals surface area contributed by atoms with Crippen molar-refractivity contribution in [2.24, 2.45) is 11.8 Å². The lowest BCUT2D eigenvalue weighted by Gasteiger charge is -2.40. The lowest BCUT2D eigenvalue weighted by molar-refractivity contribution is 0.218. The first-order valence-corrected chi connectivity index (χ1v) is 6.44. The first kappa shape index (κ1) is 9.33. The molecule has 0 aromatic carbocycles. The molecule has 0 bridgehead atoms. The summed E-state index contributed by atoms with van der Waals surface area (Å²) in [5.74, 6) is 1.65. The Balaban J connectivity index is 1.63. The van der Waals surface area contributed by atoms with Crippen molar-refractivity contribution >= 4 is 16.5 Å². The molecule has 0 spiro atoms. The Bertz CT molecular complexity index is 385. The van der Waals surface area contributed by atoms with Crippen molar-refractivity contribution in [2.75, 3.05) is 5.32 Å². The van der Waals surface area contributed by atoms with E-state index in [0.29, 0.717) is 6.04 Å². The molecule has 1 N–H and O–H groups in total. The van der Waals surface area contributed by atoms with Crippen LogP contribution < -0.4 is 5.32 Å². The number of aryl methyl sites for hydroxylation is 1. The summed E-state index contributed by atoms with van der Waals surface area (Å²) in [4.78, 5) is 0. The van der Waals surface area contributed by atoms with Gasteiger partial charge in [-0.15, -0.1) is 10.2 Å². The van der Waals surface area contributed by atoms with E-state index in [4.69, 9.17) is 0 Å². The predicted molar refractivity (Wildman–Crippen MR) is 62.1 cm³/mol. The van der Waals surface area contributed by atoms with Crippen LogP contribution in [-0.4, -0.2) is 16.2 Å². The van der Waals surface area contributed by atoms with Crippen LogP contribution in [0.1, 0.15) is 24.8 Å². The molecular weight excluding hydrogens is 206 g/mol. The van der Waals surface area contributed by atoms with Crippen LogP contribution in [0.5, 0.6) is 0 Å². The van der Waals surface area contributed by atoms with Crippen molar-refractivity contribution in [1.82, 2.24) is 10.2 Å². The molecule has 3 atom stereocenters. The van der Waals surface area contributed by atoms with Gasteiger partial charge < -0.3 is 5.32 Å². The average Bonchev–Trinajstić information content (AvgIpc) is 2.81. The van der Waals surface area contributed by atoms with Gasteiger partial charge >= 0.3 is 0 Å². The highest BCUT2D eigenvalue weighted by atomic mass is 32.1. The summed E-state index contributed by atoms with van der Waals surface area (Å²) < 4.78 is 0. The Morgan fingerprint density at radius 1 is 1.53 bits per heavy atom. The van der Waals surface area contributed by atoms with Crippen LogP contribution in [-0.2, 0) is 6.42 Å². The predicted octanol–water partition coefficient (Wildman–Crippen LogP) is 2.48. The van der Waals surface area contributed by atoms with E-state index in [-0.39, 0.29) is 0 Å². The van der Waals surface area contributed by atoms with Crippen molar-refractivity contribution < 1.29 is 0 Å². The summed E-state index contributed by atoms with van der Waals surface area (Å²) in [6.45, 7) is 2.11. The number of aromatic nitrogens is 2. The van der Waals surface area contributed by atoms with E-state index in [9.17, 15) is 0 Å². The topological polar surface area (TPSA) is 37.8 Å². The fourth-order valence-corrected chi connectivity index (χ4v) is 3.24. The number of anilines is 1. The Hall–Kier alpha value is -0.900. The van der Waals surface area contributed by atoms with E-state index in [1.54, 1.807) is 11.3 Å². The van der Waals surface area contributed by atoms with E-state index in [2.05, 4.69) is 34.6 Å². The summed E-state index contributed by atoms with van der Waals surface area (Å²) in [5.41, 5.74) is 0. The van der Waals surface area contributed by atoms with Crippen LogP contribution in [0.4, 0.5) is 5.13 Å². The normalized spacial score (nSPS) is 32.5. The SMILES string of the molecule is CCc1nnc(NC2CC3CC=CC32)s1. The monoisotopic (exact) mass is 221 g/mol. The van der Waals surface area contributed by atoms with E-state index >= 15 is 0 Å². The van der Waals surface area contributed by atoms with E-state index in [1.165, 1.54) is 12.8 Å². The minimum absolute atomic E-state index is 0.603. The van der Waals surface area contributed by atoms with Gasteiger partial charge in [-0.2, -0.15) is 0 Å². The molecule has 0 saturated heterocycles. The smallest absolute Gasteiger partial charge is 0.205 e. The maximum absolute atomic E-state index is 4.16. The maximum atomic E-state index is 4.16. The highest BCUT2D eigenvalue weighted by Gasteiger charge is 2.41. The quantitative estimate of drug-likeness (QED) is 0.797. The summed E-state index contributed by atoms with van der Waals surface area (Å²) in [5, 5.41) is 13.9. The Kier molecular flexibility index (Phi) is 2.24. The fraction of sp³-hybridized carbons (Fsp3) is 0.636. The van der Waals surface area contributed by atoms with Gasteiger partial charge in [0, 0.05) is 12.0 Å². The Morgan fingerprint density at radius 2 is 2.47 bits per heavy atom. The van der Waals surface area contributed by atoms with Gasteiger partial charge in [-0.05, 0) is 25.2 Å². The molecule has 80 valence electrons. The molecular formula is C11H15N3S. The second kappa shape index (κ2) is 3.59. The van der Waals surface area contributed by atoms with Gasteiger partial charge in [0.15, 0.2) is 0 Å². The minimum atomic E-state index is 0.603. The zero-order valence-corrected chi connectivity index (χ0v) is 9.63. The highest BCUT2D eigenvalue weighted by molar-refractivity contribution is 7.15. The molecule has 2 aliphatic carbocycles. The zero-order chi connectivity index (χ0) is 10.3. The van der Waals surface area contributed by atoms with Gasteiger partial charge in [0.05, 0.1) is 0 Å². The van der Waals surface area contributed by atoms with Gasteiger partial charge in [0.2, 0.25) is 5.13 Å². The summed E-state index contributed by atoms with van der Waals surface area (Å²) in [7, 11) is 0. The van der Waals surface area contributed by atoms with Crippen LogP contribution >= 0.6 is 11.3 Å². The largest absolute Gasteiger partial charge is 0.357 e. The Morgan fingerprint density at radius 3 is 3.20 bits per heavy atom.